The molecule has 0 bridgehead atoms. The summed E-state index contributed by atoms with van der Waals surface area (Å²) in [7, 11) is 0. The fourth-order valence-corrected chi connectivity index (χ4v) is 2.62. The summed E-state index contributed by atoms with van der Waals surface area (Å²) >= 11 is 0. The van der Waals surface area contributed by atoms with Gasteiger partial charge < -0.3 is 14.9 Å². The summed E-state index contributed by atoms with van der Waals surface area (Å²) in [5.41, 5.74) is 0.622. The molecule has 2 atom stereocenters. The zero-order chi connectivity index (χ0) is 21.2. The van der Waals surface area contributed by atoms with Crippen LogP contribution in [0.4, 0.5) is 11.4 Å². The Morgan fingerprint density at radius 2 is 1.24 bits per heavy atom. The van der Waals surface area contributed by atoms with E-state index in [9.17, 15) is 20.2 Å². The van der Waals surface area contributed by atoms with Crippen LogP contribution in [0.3, 0.4) is 0 Å². The zero-order valence-electron chi connectivity index (χ0n) is 15.4. The van der Waals surface area contributed by atoms with E-state index in [0.29, 0.717) is 11.1 Å². The molecule has 0 aliphatic heterocycles. The molecule has 4 N–H and O–H groups in total. The van der Waals surface area contributed by atoms with E-state index in [1.54, 1.807) is 12.1 Å². The Kier molecular flexibility index (Phi) is 8.58. The molecule has 0 aliphatic carbocycles. The van der Waals surface area contributed by atoms with Crippen LogP contribution in [0.1, 0.15) is 23.6 Å². The molecule has 0 amide bonds. The van der Waals surface area contributed by atoms with Crippen LogP contribution in [0.15, 0.2) is 48.5 Å². The van der Waals surface area contributed by atoms with Gasteiger partial charge in [0.2, 0.25) is 0 Å². The number of nitrogens with zero attached hydrogens (tertiary/aromatic N) is 2. The molecule has 0 aliphatic rings. The highest BCUT2D eigenvalue weighted by atomic mass is 16.6. The monoisotopic (exact) mass is 406 g/mol. The summed E-state index contributed by atoms with van der Waals surface area (Å²) in [5, 5.41) is 46.3. The first-order chi connectivity index (χ1) is 14.0. The maximum absolute atomic E-state index is 11.1. The van der Waals surface area contributed by atoms with Crippen molar-refractivity contribution in [3.05, 3.63) is 79.9 Å². The minimum absolute atomic E-state index is 0.128. The molecule has 2 aromatic rings. The van der Waals surface area contributed by atoms with E-state index in [-0.39, 0.29) is 37.7 Å². The van der Waals surface area contributed by atoms with E-state index in [1.807, 2.05) is 0 Å². The van der Waals surface area contributed by atoms with E-state index in [0.717, 1.165) is 0 Å². The van der Waals surface area contributed by atoms with E-state index < -0.39 is 22.3 Å². The predicted molar refractivity (Wildman–Crippen MR) is 103 cm³/mol. The lowest BCUT2D eigenvalue weighted by Gasteiger charge is -2.27. The van der Waals surface area contributed by atoms with Crippen LogP contribution in [0.25, 0.3) is 0 Å². The average Bonchev–Trinajstić information content (AvgIpc) is 2.73. The molecule has 0 aromatic heterocycles. The Morgan fingerprint density at radius 3 is 1.59 bits per heavy atom. The van der Waals surface area contributed by atoms with Gasteiger partial charge in [-0.2, -0.15) is 0 Å². The summed E-state index contributed by atoms with van der Waals surface area (Å²) in [6.45, 7) is -0.0926. The maximum Gasteiger partial charge on any atom is 0.269 e. The SMILES string of the molecule is O=[N+]([O-])c1cccc(C(NCCO)OC(NCCO)c2cccc([N+](=O)[O-])c2)c1. The Morgan fingerprint density at radius 1 is 0.828 bits per heavy atom. The fraction of sp³-hybridized carbons (Fsp3) is 0.333. The Balaban J connectivity index is 2.34. The number of benzene rings is 2. The van der Waals surface area contributed by atoms with Crippen molar-refractivity contribution in [1.29, 1.82) is 0 Å². The highest BCUT2D eigenvalue weighted by molar-refractivity contribution is 5.36. The van der Waals surface area contributed by atoms with Crippen LogP contribution in [-0.4, -0.2) is 46.4 Å². The third-order valence-corrected chi connectivity index (χ3v) is 3.92. The number of nitro groups is 2. The molecule has 11 nitrogen and oxygen atoms in total. The van der Waals surface area contributed by atoms with Crippen molar-refractivity contribution in [3.8, 4) is 0 Å². The molecule has 0 saturated carbocycles. The van der Waals surface area contributed by atoms with Gasteiger partial charge in [-0.3, -0.25) is 30.9 Å². The van der Waals surface area contributed by atoms with Crippen molar-refractivity contribution in [2.45, 2.75) is 12.5 Å². The molecule has 0 heterocycles. The van der Waals surface area contributed by atoms with Crippen LogP contribution in [0.2, 0.25) is 0 Å². The minimum atomic E-state index is -0.863. The molecule has 0 spiro atoms. The largest absolute Gasteiger partial charge is 0.395 e. The number of aliphatic hydroxyl groups excluding tert-OH is 2. The predicted octanol–water partition coefficient (Wildman–Crippen LogP) is 1.38. The molecule has 0 saturated heterocycles. The van der Waals surface area contributed by atoms with Gasteiger partial charge in [-0.05, 0) is 0 Å². The van der Waals surface area contributed by atoms with Gasteiger partial charge in [-0.1, -0.05) is 24.3 Å². The highest BCUT2D eigenvalue weighted by Gasteiger charge is 2.22. The standard InChI is InChI=1S/C18H22N4O7/c23-9-7-19-17(13-3-1-5-15(11-13)21(25)26)29-18(20-8-10-24)14-4-2-6-16(12-14)22(27)28/h1-6,11-12,17-20,23-24H,7-10H2. The summed E-state index contributed by atoms with van der Waals surface area (Å²) < 4.78 is 6.01. The molecule has 2 rings (SSSR count). The van der Waals surface area contributed by atoms with Gasteiger partial charge in [-0.15, -0.1) is 0 Å². The lowest BCUT2D eigenvalue weighted by Crippen LogP contribution is -2.34. The fourth-order valence-electron chi connectivity index (χ4n) is 2.62. The van der Waals surface area contributed by atoms with Gasteiger partial charge in [0.05, 0.1) is 23.1 Å². The third-order valence-electron chi connectivity index (χ3n) is 3.92. The molecule has 156 valence electrons. The van der Waals surface area contributed by atoms with Crippen molar-refractivity contribution in [3.63, 3.8) is 0 Å². The van der Waals surface area contributed by atoms with E-state index in [4.69, 9.17) is 14.9 Å². The third kappa shape index (κ3) is 6.55. The number of rotatable bonds is 12. The number of hydrogen-bond acceptors (Lipinski definition) is 9. The van der Waals surface area contributed by atoms with Crippen molar-refractivity contribution in [2.24, 2.45) is 0 Å². The number of aliphatic hydroxyl groups is 2. The average molecular weight is 406 g/mol. The van der Waals surface area contributed by atoms with Crippen LogP contribution in [0, 0.1) is 20.2 Å². The maximum atomic E-state index is 11.1. The second-order valence-corrected chi connectivity index (χ2v) is 5.96. The minimum Gasteiger partial charge on any atom is -0.395 e. The second-order valence-electron chi connectivity index (χ2n) is 5.96. The quantitative estimate of drug-likeness (QED) is 0.232. The van der Waals surface area contributed by atoms with Gasteiger partial charge in [0.15, 0.2) is 0 Å². The normalized spacial score (nSPS) is 13.0. The highest BCUT2D eigenvalue weighted by Crippen LogP contribution is 2.27. The van der Waals surface area contributed by atoms with Gasteiger partial charge in [0.1, 0.15) is 12.5 Å². The summed E-state index contributed by atoms with van der Waals surface area (Å²) in [6.07, 6.45) is -1.73. The van der Waals surface area contributed by atoms with E-state index in [1.165, 1.54) is 36.4 Å². The molecule has 29 heavy (non-hydrogen) atoms. The molecular weight excluding hydrogens is 384 g/mol. The smallest absolute Gasteiger partial charge is 0.269 e. The zero-order valence-corrected chi connectivity index (χ0v) is 15.4. The number of ether oxygens (including phenoxy) is 1. The Labute approximate surface area is 166 Å². The lowest BCUT2D eigenvalue weighted by molar-refractivity contribution is -0.385. The second kappa shape index (κ2) is 11.1. The number of nitro benzene ring substituents is 2. The van der Waals surface area contributed by atoms with Gasteiger partial charge in [0, 0.05) is 48.5 Å². The Hall–Kier alpha value is -2.96. The first-order valence-corrected chi connectivity index (χ1v) is 8.79. The van der Waals surface area contributed by atoms with Crippen LogP contribution >= 0.6 is 0 Å². The molecule has 2 aromatic carbocycles. The number of hydrogen-bond donors (Lipinski definition) is 4. The lowest BCUT2D eigenvalue weighted by atomic mass is 10.1. The first-order valence-electron chi connectivity index (χ1n) is 8.79. The molecule has 2 unspecified atom stereocenters. The van der Waals surface area contributed by atoms with Gasteiger partial charge in [0.25, 0.3) is 11.4 Å². The van der Waals surface area contributed by atoms with Crippen LogP contribution in [0.5, 0.6) is 0 Å². The summed E-state index contributed by atoms with van der Waals surface area (Å²) in [5.74, 6) is 0. The summed E-state index contributed by atoms with van der Waals surface area (Å²) in [4.78, 5) is 21.1. The molecule has 0 radical (unpaired) electrons. The van der Waals surface area contributed by atoms with Crippen molar-refractivity contribution in [1.82, 2.24) is 10.6 Å². The van der Waals surface area contributed by atoms with Crippen molar-refractivity contribution < 1.29 is 24.8 Å². The van der Waals surface area contributed by atoms with Gasteiger partial charge in [-0.25, -0.2) is 0 Å². The van der Waals surface area contributed by atoms with Gasteiger partial charge >= 0.3 is 0 Å². The van der Waals surface area contributed by atoms with Crippen molar-refractivity contribution in [2.75, 3.05) is 26.3 Å². The van der Waals surface area contributed by atoms with Crippen molar-refractivity contribution >= 4 is 11.4 Å². The van der Waals surface area contributed by atoms with E-state index in [2.05, 4.69) is 10.6 Å². The Bertz CT molecular complexity index is 766. The molecular formula is C18H22N4O7. The molecule has 11 heteroatoms. The first kappa shape index (κ1) is 22.3. The molecule has 0 fully saturated rings. The van der Waals surface area contributed by atoms with Crippen LogP contribution < -0.4 is 10.6 Å². The van der Waals surface area contributed by atoms with Crippen LogP contribution in [-0.2, 0) is 4.74 Å². The van der Waals surface area contributed by atoms with E-state index >= 15 is 0 Å². The summed E-state index contributed by atoms with van der Waals surface area (Å²) in [6, 6.07) is 11.6. The number of nitrogens with one attached hydrogen (secondary N) is 2. The topological polar surface area (TPSA) is 160 Å². The number of non-ortho nitro benzene ring substituents is 2.